The Morgan fingerprint density at radius 3 is 2.81 bits per heavy atom. The van der Waals surface area contributed by atoms with Gasteiger partial charge in [0.15, 0.2) is 0 Å². The van der Waals surface area contributed by atoms with Crippen molar-refractivity contribution in [1.82, 2.24) is 19.7 Å². The molecule has 10 heteroatoms. The molecule has 192 valence electrons. The Morgan fingerprint density at radius 2 is 2.11 bits per heavy atom. The summed E-state index contributed by atoms with van der Waals surface area (Å²) in [7, 11) is 3.36. The molecule has 1 aliphatic rings. The number of nitrogens with one attached hydrogen (secondary N) is 1. The molecular formula is C26H33N5O5. The summed E-state index contributed by atoms with van der Waals surface area (Å²) in [6.45, 7) is 6.28. The minimum absolute atomic E-state index is 0.0426. The Labute approximate surface area is 211 Å². The van der Waals surface area contributed by atoms with E-state index in [1.54, 1.807) is 37.5 Å². The molecule has 1 aromatic carbocycles. The van der Waals surface area contributed by atoms with E-state index in [1.165, 1.54) is 22.0 Å². The first-order valence-electron chi connectivity index (χ1n) is 11.6. The zero-order valence-corrected chi connectivity index (χ0v) is 21.1. The highest BCUT2D eigenvalue weighted by atomic mass is 16.5. The number of amides is 2. The van der Waals surface area contributed by atoms with Crippen LogP contribution in [0.2, 0.25) is 0 Å². The Kier molecular flexibility index (Phi) is 9.82. The highest BCUT2D eigenvalue weighted by molar-refractivity contribution is 5.76. The third kappa shape index (κ3) is 8.09. The molecule has 0 spiro atoms. The summed E-state index contributed by atoms with van der Waals surface area (Å²) in [6.07, 6.45) is 6.49. The summed E-state index contributed by atoms with van der Waals surface area (Å²) in [4.78, 5) is 28.2. The summed E-state index contributed by atoms with van der Waals surface area (Å²) in [6, 6.07) is 9.79. The van der Waals surface area contributed by atoms with Crippen LogP contribution >= 0.6 is 0 Å². The smallest absolute Gasteiger partial charge is 0.244 e. The molecule has 3 aromatic rings. The molecule has 2 aromatic heterocycles. The van der Waals surface area contributed by atoms with Crippen molar-refractivity contribution in [2.45, 2.75) is 39.5 Å². The van der Waals surface area contributed by atoms with E-state index in [-0.39, 0.29) is 18.6 Å². The number of aromatic nitrogens is 3. The number of likely N-dealkylation sites (N-methyl/N-ethyl adjacent to an activating group) is 1. The molecule has 1 unspecified atom stereocenters. The summed E-state index contributed by atoms with van der Waals surface area (Å²) >= 11 is 0. The molecule has 1 aliphatic heterocycles. The standard InChI is InChI=1S/C16H20N4O2.C10H13NO3/c1-12-4-5-14(6-13(12)2)8-19(3)16(22)10-20-9-15(7-18-20)17-11-21;1-12-10-6-8(2-4-11-10)14-9-3-5-13-7-9/h4-7,9,11H,8,10H2,1-3H3,(H,17,21);2,4,6,9H,3,5,7H2,1H3. The molecule has 1 saturated heterocycles. The van der Waals surface area contributed by atoms with Gasteiger partial charge in [-0.1, -0.05) is 18.2 Å². The predicted octanol–water partition coefficient (Wildman–Crippen LogP) is 2.98. The molecule has 0 saturated carbocycles. The van der Waals surface area contributed by atoms with Crippen molar-refractivity contribution in [2.24, 2.45) is 0 Å². The van der Waals surface area contributed by atoms with Crippen molar-refractivity contribution in [3.63, 3.8) is 0 Å². The summed E-state index contributed by atoms with van der Waals surface area (Å²) in [5.74, 6) is 1.31. The fourth-order valence-electron chi connectivity index (χ4n) is 3.49. The van der Waals surface area contributed by atoms with Crippen LogP contribution in [0.1, 0.15) is 23.1 Å². The van der Waals surface area contributed by atoms with Gasteiger partial charge in [0.25, 0.3) is 0 Å². The lowest BCUT2D eigenvalue weighted by Crippen LogP contribution is -2.30. The minimum atomic E-state index is -0.0426. The molecule has 1 N–H and O–H groups in total. The normalized spacial score (nSPS) is 14.4. The summed E-state index contributed by atoms with van der Waals surface area (Å²) in [5.41, 5.74) is 4.13. The molecule has 0 bridgehead atoms. The van der Waals surface area contributed by atoms with E-state index in [1.807, 2.05) is 12.1 Å². The second-order valence-electron chi connectivity index (χ2n) is 8.49. The van der Waals surface area contributed by atoms with E-state index in [0.29, 0.717) is 31.1 Å². The molecule has 2 amide bonds. The van der Waals surface area contributed by atoms with Crippen LogP contribution in [0.3, 0.4) is 0 Å². The lowest BCUT2D eigenvalue weighted by Gasteiger charge is -2.18. The van der Waals surface area contributed by atoms with Crippen molar-refractivity contribution in [1.29, 1.82) is 0 Å². The second kappa shape index (κ2) is 13.2. The van der Waals surface area contributed by atoms with Gasteiger partial charge in [-0.15, -0.1) is 0 Å². The number of pyridine rings is 1. The molecule has 3 heterocycles. The highest BCUT2D eigenvalue weighted by Crippen LogP contribution is 2.19. The van der Waals surface area contributed by atoms with E-state index >= 15 is 0 Å². The van der Waals surface area contributed by atoms with Gasteiger partial charge in [-0.05, 0) is 36.6 Å². The van der Waals surface area contributed by atoms with Crippen LogP contribution in [0.4, 0.5) is 5.69 Å². The van der Waals surface area contributed by atoms with E-state index in [4.69, 9.17) is 14.2 Å². The molecule has 0 radical (unpaired) electrons. The number of nitrogens with zero attached hydrogens (tertiary/aromatic N) is 4. The lowest BCUT2D eigenvalue weighted by molar-refractivity contribution is -0.131. The number of rotatable bonds is 9. The Balaban J connectivity index is 0.000000221. The van der Waals surface area contributed by atoms with E-state index < -0.39 is 0 Å². The number of carbonyl (C=O) groups is 2. The first kappa shape index (κ1) is 26.7. The van der Waals surface area contributed by atoms with Crippen LogP contribution in [0.25, 0.3) is 0 Å². The number of hydrogen-bond acceptors (Lipinski definition) is 7. The zero-order valence-electron chi connectivity index (χ0n) is 21.1. The largest absolute Gasteiger partial charge is 0.488 e. The average molecular weight is 496 g/mol. The Morgan fingerprint density at radius 1 is 1.28 bits per heavy atom. The topological polar surface area (TPSA) is 108 Å². The molecule has 36 heavy (non-hydrogen) atoms. The number of methoxy groups -OCH3 is 1. The van der Waals surface area contributed by atoms with Gasteiger partial charge in [-0.25, -0.2) is 4.98 Å². The second-order valence-corrected chi connectivity index (χ2v) is 8.49. The lowest BCUT2D eigenvalue weighted by atomic mass is 10.1. The Bertz CT molecular complexity index is 1140. The number of ether oxygens (including phenoxy) is 3. The number of aryl methyl sites for hydroxylation is 2. The number of carbonyl (C=O) groups excluding carboxylic acids is 2. The zero-order chi connectivity index (χ0) is 25.9. The number of anilines is 1. The quantitative estimate of drug-likeness (QED) is 0.455. The van der Waals surface area contributed by atoms with Crippen LogP contribution in [-0.2, 0) is 27.4 Å². The van der Waals surface area contributed by atoms with E-state index in [0.717, 1.165) is 24.3 Å². The summed E-state index contributed by atoms with van der Waals surface area (Å²) < 4.78 is 17.4. The average Bonchev–Trinajstić information content (AvgIpc) is 3.54. The molecule has 10 nitrogen and oxygen atoms in total. The van der Waals surface area contributed by atoms with Gasteiger partial charge >= 0.3 is 0 Å². The van der Waals surface area contributed by atoms with Crippen molar-refractivity contribution >= 4 is 18.0 Å². The first-order valence-corrected chi connectivity index (χ1v) is 11.6. The monoisotopic (exact) mass is 495 g/mol. The van der Waals surface area contributed by atoms with Gasteiger partial charge in [0.2, 0.25) is 18.2 Å². The van der Waals surface area contributed by atoms with E-state index in [2.05, 4.69) is 41.4 Å². The van der Waals surface area contributed by atoms with Crippen molar-refractivity contribution in [3.05, 3.63) is 65.6 Å². The van der Waals surface area contributed by atoms with Gasteiger partial charge < -0.3 is 24.4 Å². The highest BCUT2D eigenvalue weighted by Gasteiger charge is 2.17. The van der Waals surface area contributed by atoms with Crippen molar-refractivity contribution < 1.29 is 23.8 Å². The van der Waals surface area contributed by atoms with Crippen LogP contribution < -0.4 is 14.8 Å². The van der Waals surface area contributed by atoms with Crippen LogP contribution in [0.5, 0.6) is 11.6 Å². The third-order valence-electron chi connectivity index (χ3n) is 5.68. The molecule has 4 rings (SSSR count). The van der Waals surface area contributed by atoms with Gasteiger partial charge in [-0.2, -0.15) is 5.10 Å². The SMILES string of the molecule is COc1cc(OC2CCOC2)ccn1.Cc1ccc(CN(C)C(=O)Cn2cc(NC=O)cn2)cc1C. The van der Waals surface area contributed by atoms with E-state index in [9.17, 15) is 9.59 Å². The Hall–Kier alpha value is -3.92. The first-order chi connectivity index (χ1) is 17.4. The number of benzene rings is 1. The maximum absolute atomic E-state index is 12.2. The maximum Gasteiger partial charge on any atom is 0.244 e. The van der Waals surface area contributed by atoms with Crippen LogP contribution in [0.15, 0.2) is 48.9 Å². The number of hydrogen-bond donors (Lipinski definition) is 1. The third-order valence-corrected chi connectivity index (χ3v) is 5.68. The van der Waals surface area contributed by atoms with Crippen LogP contribution in [-0.4, -0.2) is 65.5 Å². The van der Waals surface area contributed by atoms with Gasteiger partial charge in [0.05, 0.1) is 32.2 Å². The fraction of sp³-hybridized carbons (Fsp3) is 0.385. The molecule has 1 atom stereocenters. The van der Waals surface area contributed by atoms with Crippen LogP contribution in [0, 0.1) is 13.8 Å². The minimum Gasteiger partial charge on any atom is -0.488 e. The van der Waals surface area contributed by atoms with Crippen molar-refractivity contribution in [3.8, 4) is 11.6 Å². The molecule has 1 fully saturated rings. The molecule has 0 aliphatic carbocycles. The molecular weight excluding hydrogens is 462 g/mol. The predicted molar refractivity (Wildman–Crippen MR) is 135 cm³/mol. The maximum atomic E-state index is 12.2. The van der Waals surface area contributed by atoms with Crippen molar-refractivity contribution in [2.75, 3.05) is 32.7 Å². The van der Waals surface area contributed by atoms with Gasteiger partial charge in [0, 0.05) is 38.5 Å². The fourth-order valence-corrected chi connectivity index (χ4v) is 3.49. The van der Waals surface area contributed by atoms with Gasteiger partial charge in [-0.3, -0.25) is 14.3 Å². The summed E-state index contributed by atoms with van der Waals surface area (Å²) in [5, 5.41) is 6.53. The van der Waals surface area contributed by atoms with Gasteiger partial charge in [0.1, 0.15) is 18.4 Å².